The molecule has 2 aliphatic heterocycles. The van der Waals surface area contributed by atoms with Gasteiger partial charge in [-0.1, -0.05) is 54.1 Å². The lowest BCUT2D eigenvalue weighted by molar-refractivity contribution is 0.185. The zero-order valence-corrected chi connectivity index (χ0v) is 16.2. The number of halogens is 1. The van der Waals surface area contributed by atoms with Gasteiger partial charge in [-0.25, -0.2) is 12.7 Å². The molecular weight excluding hydrogens is 368 g/mol. The van der Waals surface area contributed by atoms with Gasteiger partial charge in [0.15, 0.2) is 0 Å². The first-order chi connectivity index (χ1) is 12.5. The third-order valence-corrected chi connectivity index (χ3v) is 7.65. The molecule has 2 aliphatic rings. The molecule has 4 rings (SSSR count). The SMILES string of the molecule is O=S(=O)(Cc1ccccc1Cl)N1CCC(N2CCc3ccccc3C2)C1. The van der Waals surface area contributed by atoms with E-state index in [0.29, 0.717) is 29.7 Å². The molecule has 0 N–H and O–H groups in total. The van der Waals surface area contributed by atoms with Gasteiger partial charge in [0.25, 0.3) is 0 Å². The third-order valence-electron chi connectivity index (χ3n) is 5.49. The Bertz CT molecular complexity index is 900. The summed E-state index contributed by atoms with van der Waals surface area (Å²) in [5.74, 6) is -0.0256. The first-order valence-electron chi connectivity index (χ1n) is 9.05. The topological polar surface area (TPSA) is 40.6 Å². The standard InChI is InChI=1S/C20H23ClN2O2S/c21-20-8-4-3-7-18(20)15-26(24,25)23-12-10-19(14-23)22-11-9-16-5-1-2-6-17(16)13-22/h1-8,19H,9-15H2. The van der Waals surface area contributed by atoms with E-state index in [4.69, 9.17) is 11.6 Å². The lowest BCUT2D eigenvalue weighted by Crippen LogP contribution is -2.41. The minimum atomic E-state index is -3.35. The van der Waals surface area contributed by atoms with Crippen LogP contribution in [0.25, 0.3) is 0 Å². The highest BCUT2D eigenvalue weighted by Gasteiger charge is 2.35. The summed E-state index contributed by atoms with van der Waals surface area (Å²) in [4.78, 5) is 2.44. The van der Waals surface area contributed by atoms with Crippen LogP contribution in [0.5, 0.6) is 0 Å². The second-order valence-corrected chi connectivity index (χ2v) is 9.51. The van der Waals surface area contributed by atoms with Crippen molar-refractivity contribution in [1.82, 2.24) is 9.21 Å². The van der Waals surface area contributed by atoms with E-state index in [1.165, 1.54) is 11.1 Å². The predicted octanol–water partition coefficient (Wildman–Crippen LogP) is 3.30. The van der Waals surface area contributed by atoms with Gasteiger partial charge in [0.05, 0.1) is 5.75 Å². The van der Waals surface area contributed by atoms with Crippen LogP contribution < -0.4 is 0 Å². The van der Waals surface area contributed by atoms with E-state index in [2.05, 4.69) is 29.2 Å². The molecule has 2 aromatic rings. The fourth-order valence-electron chi connectivity index (χ4n) is 3.99. The van der Waals surface area contributed by atoms with Crippen molar-refractivity contribution in [3.05, 3.63) is 70.2 Å². The van der Waals surface area contributed by atoms with E-state index >= 15 is 0 Å². The molecule has 1 fully saturated rings. The van der Waals surface area contributed by atoms with E-state index < -0.39 is 10.0 Å². The maximum atomic E-state index is 12.8. The number of rotatable bonds is 4. The van der Waals surface area contributed by atoms with Gasteiger partial charge in [0.2, 0.25) is 10.0 Å². The molecule has 1 atom stereocenters. The molecule has 6 heteroatoms. The van der Waals surface area contributed by atoms with Crippen LogP contribution in [0.2, 0.25) is 5.02 Å². The minimum absolute atomic E-state index is 0.0256. The first kappa shape index (κ1) is 18.0. The number of sulfonamides is 1. The fourth-order valence-corrected chi connectivity index (χ4v) is 5.89. The molecule has 0 radical (unpaired) electrons. The Morgan fingerprint density at radius 1 is 1.00 bits per heavy atom. The van der Waals surface area contributed by atoms with Gasteiger partial charge >= 0.3 is 0 Å². The van der Waals surface area contributed by atoms with Crippen molar-refractivity contribution in [2.24, 2.45) is 0 Å². The molecular formula is C20H23ClN2O2S. The van der Waals surface area contributed by atoms with Gasteiger partial charge in [0.1, 0.15) is 0 Å². The Kier molecular flexibility index (Phi) is 5.06. The molecule has 0 spiro atoms. The maximum Gasteiger partial charge on any atom is 0.218 e. The van der Waals surface area contributed by atoms with Gasteiger partial charge in [0, 0.05) is 37.2 Å². The van der Waals surface area contributed by atoms with Crippen LogP contribution in [-0.4, -0.2) is 43.3 Å². The monoisotopic (exact) mass is 390 g/mol. The van der Waals surface area contributed by atoms with E-state index in [1.807, 2.05) is 12.1 Å². The van der Waals surface area contributed by atoms with Crippen LogP contribution in [0.15, 0.2) is 48.5 Å². The van der Waals surface area contributed by atoms with Crippen LogP contribution in [0.3, 0.4) is 0 Å². The molecule has 0 saturated carbocycles. The molecule has 0 amide bonds. The fraction of sp³-hybridized carbons (Fsp3) is 0.400. The molecule has 0 aliphatic carbocycles. The summed E-state index contributed by atoms with van der Waals surface area (Å²) in [5.41, 5.74) is 3.46. The molecule has 138 valence electrons. The van der Waals surface area contributed by atoms with Crippen molar-refractivity contribution in [3.63, 3.8) is 0 Å². The Balaban J connectivity index is 1.43. The van der Waals surface area contributed by atoms with Crippen molar-refractivity contribution < 1.29 is 8.42 Å². The lowest BCUT2D eigenvalue weighted by Gasteiger charge is -2.33. The van der Waals surface area contributed by atoms with Crippen molar-refractivity contribution in [1.29, 1.82) is 0 Å². The number of hydrogen-bond acceptors (Lipinski definition) is 3. The Hall–Kier alpha value is -1.40. The Labute approximate surface area is 160 Å². The van der Waals surface area contributed by atoms with Crippen molar-refractivity contribution in [3.8, 4) is 0 Å². The molecule has 4 nitrogen and oxygen atoms in total. The van der Waals surface area contributed by atoms with Crippen LogP contribution in [0.1, 0.15) is 23.1 Å². The highest BCUT2D eigenvalue weighted by Crippen LogP contribution is 2.27. The first-order valence-corrected chi connectivity index (χ1v) is 11.0. The number of fused-ring (bicyclic) bond motifs is 1. The van der Waals surface area contributed by atoms with E-state index in [1.54, 1.807) is 16.4 Å². The summed E-state index contributed by atoms with van der Waals surface area (Å²) in [6.45, 7) is 3.09. The van der Waals surface area contributed by atoms with Gasteiger partial charge in [-0.2, -0.15) is 0 Å². The summed E-state index contributed by atoms with van der Waals surface area (Å²) in [6.07, 6.45) is 1.93. The second-order valence-electron chi connectivity index (χ2n) is 7.14. The minimum Gasteiger partial charge on any atom is -0.294 e. The molecule has 1 saturated heterocycles. The lowest BCUT2D eigenvalue weighted by atomic mass is 9.98. The maximum absolute atomic E-state index is 12.8. The number of benzene rings is 2. The van der Waals surface area contributed by atoms with Crippen LogP contribution >= 0.6 is 11.6 Å². The highest BCUT2D eigenvalue weighted by molar-refractivity contribution is 7.88. The van der Waals surface area contributed by atoms with Gasteiger partial charge in [-0.15, -0.1) is 0 Å². The smallest absolute Gasteiger partial charge is 0.218 e. The van der Waals surface area contributed by atoms with Crippen molar-refractivity contribution in [2.75, 3.05) is 19.6 Å². The number of hydrogen-bond donors (Lipinski definition) is 0. The summed E-state index contributed by atoms with van der Waals surface area (Å²) in [6, 6.07) is 16.0. The zero-order valence-electron chi connectivity index (χ0n) is 14.6. The van der Waals surface area contributed by atoms with Crippen LogP contribution in [0, 0.1) is 0 Å². The summed E-state index contributed by atoms with van der Waals surface area (Å²) in [7, 11) is -3.35. The zero-order chi connectivity index (χ0) is 18.1. The van der Waals surface area contributed by atoms with E-state index in [9.17, 15) is 8.42 Å². The largest absolute Gasteiger partial charge is 0.294 e. The van der Waals surface area contributed by atoms with Gasteiger partial charge in [-0.05, 0) is 35.6 Å². The predicted molar refractivity (Wildman–Crippen MR) is 105 cm³/mol. The quantitative estimate of drug-likeness (QED) is 0.804. The molecule has 0 bridgehead atoms. The molecule has 1 unspecified atom stereocenters. The second kappa shape index (κ2) is 7.31. The Morgan fingerprint density at radius 3 is 2.54 bits per heavy atom. The average Bonchev–Trinajstić information content (AvgIpc) is 3.14. The number of nitrogens with zero attached hydrogens (tertiary/aromatic N) is 2. The molecule has 0 aromatic heterocycles. The molecule has 2 heterocycles. The highest BCUT2D eigenvalue weighted by atomic mass is 35.5. The van der Waals surface area contributed by atoms with Gasteiger partial charge < -0.3 is 0 Å². The van der Waals surface area contributed by atoms with Crippen molar-refractivity contribution in [2.45, 2.75) is 31.2 Å². The van der Waals surface area contributed by atoms with E-state index in [0.717, 1.165) is 25.9 Å². The summed E-state index contributed by atoms with van der Waals surface area (Å²) < 4.78 is 27.3. The summed E-state index contributed by atoms with van der Waals surface area (Å²) >= 11 is 6.14. The third kappa shape index (κ3) is 3.67. The van der Waals surface area contributed by atoms with Crippen LogP contribution in [-0.2, 0) is 28.7 Å². The van der Waals surface area contributed by atoms with Crippen molar-refractivity contribution >= 4 is 21.6 Å². The average molecular weight is 391 g/mol. The van der Waals surface area contributed by atoms with E-state index in [-0.39, 0.29) is 5.75 Å². The molecule has 26 heavy (non-hydrogen) atoms. The van der Waals surface area contributed by atoms with Crippen LogP contribution in [0.4, 0.5) is 0 Å². The summed E-state index contributed by atoms with van der Waals surface area (Å²) in [5, 5.41) is 0.513. The normalized spacial score (nSPS) is 21.7. The molecule has 2 aromatic carbocycles. The Morgan fingerprint density at radius 2 is 1.73 bits per heavy atom. The van der Waals surface area contributed by atoms with Gasteiger partial charge in [-0.3, -0.25) is 4.90 Å².